The summed E-state index contributed by atoms with van der Waals surface area (Å²) in [5.41, 5.74) is 2.26. The van der Waals surface area contributed by atoms with Gasteiger partial charge in [0.05, 0.1) is 10.9 Å². The van der Waals surface area contributed by atoms with Crippen molar-refractivity contribution >= 4 is 28.4 Å². The minimum Gasteiger partial charge on any atom is -0.352 e. The van der Waals surface area contributed by atoms with Crippen LogP contribution in [0.5, 0.6) is 0 Å². The molecule has 0 bridgehead atoms. The van der Waals surface area contributed by atoms with Crippen molar-refractivity contribution < 1.29 is 4.79 Å². The molecule has 6 nitrogen and oxygen atoms in total. The highest BCUT2D eigenvalue weighted by atomic mass is 16.1. The van der Waals surface area contributed by atoms with Crippen LogP contribution in [0.25, 0.3) is 10.9 Å². The van der Waals surface area contributed by atoms with E-state index >= 15 is 0 Å². The molecule has 3 rings (SSSR count). The number of amides is 1. The molecule has 0 atom stereocenters. The van der Waals surface area contributed by atoms with Crippen LogP contribution in [0.4, 0.5) is 11.6 Å². The molecular weight excluding hydrogens is 316 g/mol. The Morgan fingerprint density at radius 3 is 2.56 bits per heavy atom. The maximum atomic E-state index is 12.0. The van der Waals surface area contributed by atoms with Crippen LogP contribution < -0.4 is 16.2 Å². The van der Waals surface area contributed by atoms with E-state index in [0.29, 0.717) is 23.4 Å². The Hall–Kier alpha value is -3.15. The zero-order chi connectivity index (χ0) is 17.8. The number of aromatic amines is 1. The summed E-state index contributed by atoms with van der Waals surface area (Å²) in [7, 11) is 0. The first-order valence-electron chi connectivity index (χ1n) is 8.15. The third-order valence-corrected chi connectivity index (χ3v) is 3.82. The number of H-pyrrole nitrogens is 1. The minimum atomic E-state index is -0.167. The number of nitrogens with zero attached hydrogens (tertiary/aromatic N) is 1. The van der Waals surface area contributed by atoms with Gasteiger partial charge >= 0.3 is 0 Å². The molecule has 0 spiro atoms. The van der Waals surface area contributed by atoms with Crippen molar-refractivity contribution in [2.75, 3.05) is 10.6 Å². The van der Waals surface area contributed by atoms with Crippen LogP contribution in [0.3, 0.4) is 0 Å². The number of nitrogens with one attached hydrogen (secondary N) is 3. The molecule has 0 radical (unpaired) electrons. The highest BCUT2D eigenvalue weighted by Crippen LogP contribution is 2.13. The SMILES string of the molecule is CC(C)C(=O)Nc1ccc(CNc2nc3ccccc3c(=O)[nH]2)cc1. The molecule has 3 N–H and O–H groups in total. The van der Waals surface area contributed by atoms with Gasteiger partial charge < -0.3 is 10.6 Å². The van der Waals surface area contributed by atoms with Crippen LogP contribution in [0, 0.1) is 5.92 Å². The number of para-hydroxylation sites is 1. The Bertz CT molecular complexity index is 946. The maximum absolute atomic E-state index is 12.0. The molecule has 1 aromatic heterocycles. The summed E-state index contributed by atoms with van der Waals surface area (Å²) < 4.78 is 0. The van der Waals surface area contributed by atoms with Gasteiger partial charge in [0.1, 0.15) is 0 Å². The van der Waals surface area contributed by atoms with Gasteiger partial charge in [0.15, 0.2) is 0 Å². The van der Waals surface area contributed by atoms with E-state index in [0.717, 1.165) is 11.3 Å². The standard InChI is InChI=1S/C19H20N4O2/c1-12(2)17(24)21-14-9-7-13(8-10-14)11-20-19-22-16-6-4-3-5-15(16)18(25)23-19/h3-10,12H,11H2,1-2H3,(H,21,24)(H2,20,22,23,25). The molecule has 25 heavy (non-hydrogen) atoms. The molecule has 0 unspecified atom stereocenters. The Morgan fingerprint density at radius 2 is 1.84 bits per heavy atom. The summed E-state index contributed by atoms with van der Waals surface area (Å²) in [4.78, 5) is 30.9. The van der Waals surface area contributed by atoms with E-state index in [1.165, 1.54) is 0 Å². The molecule has 1 heterocycles. The molecule has 6 heteroatoms. The molecule has 128 valence electrons. The van der Waals surface area contributed by atoms with E-state index in [9.17, 15) is 9.59 Å². The van der Waals surface area contributed by atoms with E-state index < -0.39 is 0 Å². The van der Waals surface area contributed by atoms with Gasteiger partial charge in [0, 0.05) is 18.2 Å². The van der Waals surface area contributed by atoms with Crippen LogP contribution in [0.2, 0.25) is 0 Å². The molecule has 0 saturated heterocycles. The van der Waals surface area contributed by atoms with Crippen molar-refractivity contribution in [3.05, 3.63) is 64.4 Å². The molecule has 0 saturated carbocycles. The van der Waals surface area contributed by atoms with Gasteiger partial charge in [0.2, 0.25) is 11.9 Å². The summed E-state index contributed by atoms with van der Waals surface area (Å²) >= 11 is 0. The monoisotopic (exact) mass is 336 g/mol. The van der Waals surface area contributed by atoms with Gasteiger partial charge in [-0.3, -0.25) is 14.6 Å². The van der Waals surface area contributed by atoms with Gasteiger partial charge in [-0.25, -0.2) is 4.98 Å². The third kappa shape index (κ3) is 4.03. The summed E-state index contributed by atoms with van der Waals surface area (Å²) in [6, 6.07) is 14.8. The average Bonchev–Trinajstić information content (AvgIpc) is 2.61. The molecular formula is C19H20N4O2. The second-order valence-electron chi connectivity index (χ2n) is 6.13. The fourth-order valence-corrected chi connectivity index (χ4v) is 2.35. The first-order chi connectivity index (χ1) is 12.0. The van der Waals surface area contributed by atoms with Crippen LogP contribution in [-0.2, 0) is 11.3 Å². The summed E-state index contributed by atoms with van der Waals surface area (Å²) in [5, 5.41) is 6.54. The zero-order valence-corrected chi connectivity index (χ0v) is 14.2. The second kappa shape index (κ2) is 7.17. The Balaban J connectivity index is 1.67. The predicted octanol–water partition coefficient (Wildman–Crippen LogP) is 3.13. The topological polar surface area (TPSA) is 86.9 Å². The van der Waals surface area contributed by atoms with Crippen LogP contribution in [-0.4, -0.2) is 15.9 Å². The van der Waals surface area contributed by atoms with Gasteiger partial charge in [-0.2, -0.15) is 0 Å². The lowest BCUT2D eigenvalue weighted by Gasteiger charge is -2.09. The highest BCUT2D eigenvalue weighted by molar-refractivity contribution is 5.92. The summed E-state index contributed by atoms with van der Waals surface area (Å²) in [5.74, 6) is 0.363. The maximum Gasteiger partial charge on any atom is 0.260 e. The van der Waals surface area contributed by atoms with Crippen molar-refractivity contribution in [1.29, 1.82) is 0 Å². The van der Waals surface area contributed by atoms with E-state index in [1.807, 2.05) is 56.3 Å². The van der Waals surface area contributed by atoms with Crippen molar-refractivity contribution in [2.24, 2.45) is 5.92 Å². The van der Waals surface area contributed by atoms with E-state index in [-0.39, 0.29) is 17.4 Å². The first kappa shape index (κ1) is 16.7. The minimum absolute atomic E-state index is 0.0104. The number of hydrogen-bond acceptors (Lipinski definition) is 4. The lowest BCUT2D eigenvalue weighted by atomic mass is 10.1. The molecule has 0 aliphatic heterocycles. The molecule has 0 fully saturated rings. The third-order valence-electron chi connectivity index (χ3n) is 3.82. The van der Waals surface area contributed by atoms with Gasteiger partial charge in [-0.05, 0) is 29.8 Å². The number of fused-ring (bicyclic) bond motifs is 1. The van der Waals surface area contributed by atoms with Gasteiger partial charge in [-0.1, -0.05) is 38.1 Å². The lowest BCUT2D eigenvalue weighted by molar-refractivity contribution is -0.118. The number of aromatic nitrogens is 2. The summed E-state index contributed by atoms with van der Waals surface area (Å²) in [6.45, 7) is 4.22. The van der Waals surface area contributed by atoms with Crippen LogP contribution in [0.15, 0.2) is 53.3 Å². The van der Waals surface area contributed by atoms with Gasteiger partial charge in [0.25, 0.3) is 5.56 Å². The van der Waals surface area contributed by atoms with Crippen molar-refractivity contribution in [2.45, 2.75) is 20.4 Å². The van der Waals surface area contributed by atoms with E-state index in [1.54, 1.807) is 6.07 Å². The van der Waals surface area contributed by atoms with E-state index in [4.69, 9.17) is 0 Å². The zero-order valence-electron chi connectivity index (χ0n) is 14.2. The number of carbonyl (C=O) groups excluding carboxylic acids is 1. The molecule has 0 aliphatic carbocycles. The van der Waals surface area contributed by atoms with Crippen LogP contribution in [0.1, 0.15) is 19.4 Å². The Labute approximate surface area is 145 Å². The fourth-order valence-electron chi connectivity index (χ4n) is 2.35. The molecule has 2 aromatic carbocycles. The number of benzene rings is 2. The van der Waals surface area contributed by atoms with Crippen LogP contribution >= 0.6 is 0 Å². The lowest BCUT2D eigenvalue weighted by Crippen LogP contribution is -2.17. The summed E-state index contributed by atoms with van der Waals surface area (Å²) in [6.07, 6.45) is 0. The molecule has 1 amide bonds. The van der Waals surface area contributed by atoms with Crippen molar-refractivity contribution in [3.63, 3.8) is 0 Å². The largest absolute Gasteiger partial charge is 0.352 e. The highest BCUT2D eigenvalue weighted by Gasteiger charge is 2.07. The Morgan fingerprint density at radius 1 is 1.12 bits per heavy atom. The average molecular weight is 336 g/mol. The normalized spacial score (nSPS) is 10.8. The first-order valence-corrected chi connectivity index (χ1v) is 8.15. The number of carbonyl (C=O) groups is 1. The van der Waals surface area contributed by atoms with Gasteiger partial charge in [-0.15, -0.1) is 0 Å². The Kier molecular flexibility index (Phi) is 4.79. The predicted molar refractivity (Wildman–Crippen MR) is 99.6 cm³/mol. The quantitative estimate of drug-likeness (QED) is 0.668. The molecule has 3 aromatic rings. The van der Waals surface area contributed by atoms with E-state index in [2.05, 4.69) is 20.6 Å². The van der Waals surface area contributed by atoms with Crippen molar-refractivity contribution in [3.8, 4) is 0 Å². The molecule has 0 aliphatic rings. The number of rotatable bonds is 5. The smallest absolute Gasteiger partial charge is 0.260 e. The second-order valence-corrected chi connectivity index (χ2v) is 6.13. The number of hydrogen-bond donors (Lipinski definition) is 3. The fraction of sp³-hybridized carbons (Fsp3) is 0.211. The number of anilines is 2. The van der Waals surface area contributed by atoms with Crippen molar-refractivity contribution in [1.82, 2.24) is 9.97 Å².